The molecule has 0 spiro atoms. The lowest BCUT2D eigenvalue weighted by atomic mass is 9.44. The number of carbonyl (C=O) groups is 7. The summed E-state index contributed by atoms with van der Waals surface area (Å²) in [5.74, 6) is 0.150. The van der Waals surface area contributed by atoms with Crippen LogP contribution in [-0.2, 0) is 85.7 Å². The molecule has 0 unspecified atom stereocenters. The molecule has 0 aromatic carbocycles. The molecule has 4 fully saturated rings. The molecule has 0 saturated heterocycles. The molecule has 18 heteroatoms. The van der Waals surface area contributed by atoms with Crippen molar-refractivity contribution >= 4 is 41.8 Å². The molecule has 0 aliphatic heterocycles. The molecular formula is C71H130O18. The Morgan fingerprint density at radius 2 is 0.652 bits per heavy atom. The van der Waals surface area contributed by atoms with Gasteiger partial charge in [-0.1, -0.05) is 83.1 Å². The molecule has 18 nitrogen and oxygen atoms in total. The lowest BCUT2D eigenvalue weighted by Gasteiger charge is -2.64. The van der Waals surface area contributed by atoms with E-state index in [9.17, 15) is 33.6 Å². The molecule has 89 heavy (non-hydrogen) atoms. The van der Waals surface area contributed by atoms with Crippen molar-refractivity contribution in [3.63, 3.8) is 0 Å². The van der Waals surface area contributed by atoms with Gasteiger partial charge in [-0.25, -0.2) is 4.79 Å². The largest absolute Gasteiger partial charge is 0.465 e. The van der Waals surface area contributed by atoms with Crippen LogP contribution < -0.4 is 0 Å². The molecule has 0 amide bonds. The maximum absolute atomic E-state index is 12.9. The van der Waals surface area contributed by atoms with Crippen molar-refractivity contribution in [1.29, 1.82) is 0 Å². The van der Waals surface area contributed by atoms with Crippen molar-refractivity contribution in [1.82, 2.24) is 0 Å². The minimum Gasteiger partial charge on any atom is -0.465 e. The number of methoxy groups -OCH3 is 4. The minimum atomic E-state index is -0.729. The Kier molecular flexibility index (Phi) is 32.8. The van der Waals surface area contributed by atoms with Gasteiger partial charge >= 0.3 is 41.8 Å². The zero-order valence-electron chi connectivity index (χ0n) is 61.9. The van der Waals surface area contributed by atoms with Gasteiger partial charge in [-0.3, -0.25) is 28.8 Å². The van der Waals surface area contributed by atoms with Crippen LogP contribution >= 0.6 is 0 Å². The van der Waals surface area contributed by atoms with Crippen LogP contribution in [0.2, 0.25) is 0 Å². The topological polar surface area (TPSA) is 221 Å². The Labute approximate surface area is 540 Å². The predicted molar refractivity (Wildman–Crippen MR) is 347 cm³/mol. The predicted octanol–water partition coefficient (Wildman–Crippen LogP) is 14.5. The van der Waals surface area contributed by atoms with Crippen LogP contribution in [0.4, 0.5) is 0 Å². The fourth-order valence-corrected chi connectivity index (χ4v) is 10.8. The van der Waals surface area contributed by atoms with Crippen molar-refractivity contribution in [2.75, 3.05) is 74.7 Å². The molecule has 0 radical (unpaired) electrons. The highest BCUT2D eigenvalue weighted by Gasteiger charge is 2.65. The summed E-state index contributed by atoms with van der Waals surface area (Å²) >= 11 is 0. The van der Waals surface area contributed by atoms with Gasteiger partial charge < -0.3 is 52.1 Å². The second kappa shape index (κ2) is 34.3. The quantitative estimate of drug-likeness (QED) is 0.0451. The van der Waals surface area contributed by atoms with Crippen LogP contribution in [0.15, 0.2) is 0 Å². The molecule has 0 atom stereocenters. The minimum absolute atomic E-state index is 0.0435. The number of rotatable bonds is 32. The lowest BCUT2D eigenvalue weighted by Crippen LogP contribution is -2.67. The van der Waals surface area contributed by atoms with Gasteiger partial charge in [0.15, 0.2) is 6.61 Å². The van der Waals surface area contributed by atoms with Gasteiger partial charge in [0.05, 0.1) is 60.9 Å². The summed E-state index contributed by atoms with van der Waals surface area (Å²) < 4.78 is 59.8. The Hall–Kier alpha value is -3.87. The molecule has 0 N–H and O–H groups in total. The van der Waals surface area contributed by atoms with Crippen LogP contribution in [-0.4, -0.2) is 139 Å². The number of hydrogen-bond acceptors (Lipinski definition) is 18. The van der Waals surface area contributed by atoms with E-state index in [2.05, 4.69) is 13.8 Å². The standard InChI is InChI=1S/C24H40O5.C17H32O5.C16H30O5.C14H28O3/c1-7-22(2,3)21(26)28-9-8-20(25)29-24(23(4,5)15-27-6)18-11-16-10-17(13-18)14-19(24)12-16;1-9-15(2,3)14(19)21-11-10-13(18)22-17(6,7)16(4,5)12-20-8;1-9-14(2,3)13(18)20-10-12(17)21-16(6,7)15(4,5)11-19-8;1-9-12(2,3)11(15)17-14(6,7)13(4,5)10-16-8/h16-19H,7-15H2,1-6H3;9-12H2,1-8H3;9-11H2,1-8H3;9-10H2,1-8H3. The first-order chi connectivity index (χ1) is 40.3. The monoisotopic (exact) mass is 1270 g/mol. The Morgan fingerprint density at radius 1 is 0.360 bits per heavy atom. The first kappa shape index (κ1) is 85.1. The van der Waals surface area contributed by atoms with Crippen LogP contribution in [0.25, 0.3) is 0 Å². The van der Waals surface area contributed by atoms with Crippen molar-refractivity contribution in [2.24, 2.45) is 67.0 Å². The Balaban J connectivity index is 0.00000118. The molecule has 4 aliphatic carbocycles. The zero-order chi connectivity index (χ0) is 69.9. The summed E-state index contributed by atoms with van der Waals surface area (Å²) in [6.07, 6.45) is 8.97. The highest BCUT2D eigenvalue weighted by molar-refractivity contribution is 5.80. The molecular weight excluding hydrogens is 1140 g/mol. The normalized spacial score (nSPS) is 19.8. The molecule has 0 aromatic heterocycles. The van der Waals surface area contributed by atoms with Crippen molar-refractivity contribution in [3.05, 3.63) is 0 Å². The van der Waals surface area contributed by atoms with E-state index in [1.807, 2.05) is 152 Å². The fourth-order valence-electron chi connectivity index (χ4n) is 10.8. The highest BCUT2D eigenvalue weighted by atomic mass is 16.6. The summed E-state index contributed by atoms with van der Waals surface area (Å²) in [7, 11) is 6.61. The second-order valence-electron chi connectivity index (χ2n) is 32.0. The summed E-state index contributed by atoms with van der Waals surface area (Å²) in [5.41, 5.74) is -5.64. The average molecular weight is 1270 g/mol. The van der Waals surface area contributed by atoms with Crippen molar-refractivity contribution < 1.29 is 85.7 Å². The fraction of sp³-hybridized carbons (Fsp3) is 0.901. The molecule has 522 valence electrons. The number of hydrogen-bond donors (Lipinski definition) is 0. The van der Waals surface area contributed by atoms with Crippen molar-refractivity contribution in [3.8, 4) is 0 Å². The molecule has 4 saturated carbocycles. The van der Waals surface area contributed by atoms with E-state index in [0.717, 1.165) is 43.9 Å². The van der Waals surface area contributed by atoms with Crippen LogP contribution in [0.5, 0.6) is 0 Å². The van der Waals surface area contributed by atoms with Gasteiger partial charge in [-0.15, -0.1) is 0 Å². The maximum atomic E-state index is 12.9. The molecule has 4 bridgehead atoms. The van der Waals surface area contributed by atoms with Crippen LogP contribution in [0, 0.1) is 67.0 Å². The summed E-state index contributed by atoms with van der Waals surface area (Å²) in [6.45, 7) is 51.9. The first-order valence-electron chi connectivity index (χ1n) is 32.7. The lowest BCUT2D eigenvalue weighted by molar-refractivity contribution is -0.255. The van der Waals surface area contributed by atoms with Crippen molar-refractivity contribution in [2.45, 2.75) is 273 Å². The smallest absolute Gasteiger partial charge is 0.344 e. The Bertz CT molecular complexity index is 2220. The number of carbonyl (C=O) groups excluding carboxylic acids is 7. The third-order valence-electron chi connectivity index (χ3n) is 20.8. The highest BCUT2D eigenvalue weighted by Crippen LogP contribution is 2.64. The number of esters is 7. The molecule has 0 heterocycles. The Morgan fingerprint density at radius 3 is 0.978 bits per heavy atom. The van der Waals surface area contributed by atoms with Crippen LogP contribution in [0.1, 0.15) is 251 Å². The van der Waals surface area contributed by atoms with E-state index >= 15 is 0 Å². The summed E-state index contributed by atoms with van der Waals surface area (Å²) in [5, 5.41) is 0. The third kappa shape index (κ3) is 24.2. The molecule has 4 rings (SSSR count). The van der Waals surface area contributed by atoms with E-state index in [0.29, 0.717) is 57.5 Å². The SMILES string of the molecule is CCC(C)(C)C(=O)OC(C)(C)C(C)(C)COC.CCC(C)(C)C(=O)OCC(=O)OC(C)(C)C(C)(C)COC.CCC(C)(C)C(=O)OCCC(=O)OC(C)(C)C(C)(C)COC.CCC(C)(C)C(=O)OCCC(=O)OC1(C(C)(C)COC)C2CC3CC(C2)CC1C3. The summed E-state index contributed by atoms with van der Waals surface area (Å²) in [4.78, 5) is 84.7. The van der Waals surface area contributed by atoms with Gasteiger partial charge in [0.25, 0.3) is 0 Å². The van der Waals surface area contributed by atoms with E-state index < -0.39 is 56.0 Å². The number of ether oxygens (including phenoxy) is 11. The van der Waals surface area contributed by atoms with E-state index in [4.69, 9.17) is 52.1 Å². The average Bonchev–Trinajstić information content (AvgIpc) is 0.708. The second-order valence-corrected chi connectivity index (χ2v) is 32.0. The van der Waals surface area contributed by atoms with Gasteiger partial charge in [-0.05, 0) is 167 Å². The third-order valence-corrected chi connectivity index (χ3v) is 20.8. The van der Waals surface area contributed by atoms with E-state index in [1.165, 1.54) is 6.42 Å². The zero-order valence-corrected chi connectivity index (χ0v) is 61.9. The van der Waals surface area contributed by atoms with Gasteiger partial charge in [-0.2, -0.15) is 0 Å². The maximum Gasteiger partial charge on any atom is 0.344 e. The van der Waals surface area contributed by atoms with Gasteiger partial charge in [0.1, 0.15) is 35.6 Å². The van der Waals surface area contributed by atoms with Crippen LogP contribution in [0.3, 0.4) is 0 Å². The molecule has 4 aliphatic rings. The summed E-state index contributed by atoms with van der Waals surface area (Å²) in [6, 6.07) is 0. The van der Waals surface area contributed by atoms with E-state index in [1.54, 1.807) is 42.3 Å². The molecule has 0 aromatic rings. The van der Waals surface area contributed by atoms with Gasteiger partial charge in [0.2, 0.25) is 0 Å². The van der Waals surface area contributed by atoms with Gasteiger partial charge in [0, 0.05) is 61.9 Å². The first-order valence-corrected chi connectivity index (χ1v) is 32.7. The van der Waals surface area contributed by atoms with E-state index in [-0.39, 0.29) is 84.2 Å².